The lowest BCUT2D eigenvalue weighted by atomic mass is 10.1. The van der Waals surface area contributed by atoms with E-state index in [1.165, 1.54) is 5.56 Å². The SMILES string of the molecule is CC(Cc1ccc(O)cc1)Nc1ccc(OC(C)C)cc1. The number of hydrogen-bond acceptors (Lipinski definition) is 3. The summed E-state index contributed by atoms with van der Waals surface area (Å²) in [6.45, 7) is 6.18. The Kier molecular flexibility index (Phi) is 5.09. The van der Waals surface area contributed by atoms with Crippen molar-refractivity contribution in [1.29, 1.82) is 0 Å². The van der Waals surface area contributed by atoms with Crippen molar-refractivity contribution in [2.24, 2.45) is 0 Å². The molecule has 2 aromatic carbocycles. The summed E-state index contributed by atoms with van der Waals surface area (Å²) in [5.41, 5.74) is 2.28. The predicted molar refractivity (Wildman–Crippen MR) is 87.1 cm³/mol. The summed E-state index contributed by atoms with van der Waals surface area (Å²) in [6.07, 6.45) is 1.10. The van der Waals surface area contributed by atoms with Gasteiger partial charge in [0, 0.05) is 11.7 Å². The molecule has 0 saturated carbocycles. The highest BCUT2D eigenvalue weighted by Crippen LogP contribution is 2.18. The molecule has 21 heavy (non-hydrogen) atoms. The zero-order valence-electron chi connectivity index (χ0n) is 12.8. The fourth-order valence-corrected chi connectivity index (χ4v) is 2.22. The predicted octanol–water partition coefficient (Wildman–Crippen LogP) is 4.22. The van der Waals surface area contributed by atoms with E-state index in [9.17, 15) is 5.11 Å². The molecule has 0 fully saturated rings. The molecule has 0 radical (unpaired) electrons. The average Bonchev–Trinajstić information content (AvgIpc) is 2.43. The van der Waals surface area contributed by atoms with Crippen molar-refractivity contribution in [2.45, 2.75) is 39.3 Å². The quantitative estimate of drug-likeness (QED) is 0.835. The second-order valence-electron chi connectivity index (χ2n) is 5.61. The van der Waals surface area contributed by atoms with Crippen molar-refractivity contribution >= 4 is 5.69 Å². The molecule has 1 atom stereocenters. The topological polar surface area (TPSA) is 41.5 Å². The number of phenolic OH excluding ortho intramolecular Hbond substituents is 1. The van der Waals surface area contributed by atoms with Crippen LogP contribution in [-0.4, -0.2) is 17.3 Å². The maximum absolute atomic E-state index is 9.29. The molecule has 3 heteroatoms. The van der Waals surface area contributed by atoms with E-state index in [0.29, 0.717) is 11.8 Å². The Labute approximate surface area is 126 Å². The smallest absolute Gasteiger partial charge is 0.119 e. The lowest BCUT2D eigenvalue weighted by molar-refractivity contribution is 0.242. The van der Waals surface area contributed by atoms with Gasteiger partial charge in [-0.05, 0) is 69.2 Å². The van der Waals surface area contributed by atoms with Crippen molar-refractivity contribution < 1.29 is 9.84 Å². The summed E-state index contributed by atoms with van der Waals surface area (Å²) < 4.78 is 5.63. The minimum Gasteiger partial charge on any atom is -0.508 e. The first-order chi connectivity index (χ1) is 10.0. The summed E-state index contributed by atoms with van der Waals surface area (Å²) in [5, 5.41) is 12.8. The third-order valence-corrected chi connectivity index (χ3v) is 3.12. The monoisotopic (exact) mass is 285 g/mol. The molecule has 0 aliphatic carbocycles. The molecule has 2 rings (SSSR count). The van der Waals surface area contributed by atoms with Gasteiger partial charge >= 0.3 is 0 Å². The van der Waals surface area contributed by atoms with Gasteiger partial charge in [0.05, 0.1) is 6.10 Å². The maximum Gasteiger partial charge on any atom is 0.119 e. The molecular formula is C18H23NO2. The van der Waals surface area contributed by atoms with Crippen LogP contribution in [0.2, 0.25) is 0 Å². The molecule has 3 nitrogen and oxygen atoms in total. The van der Waals surface area contributed by atoms with Crippen molar-refractivity contribution in [3.63, 3.8) is 0 Å². The number of phenols is 1. The van der Waals surface area contributed by atoms with Crippen molar-refractivity contribution in [3.05, 3.63) is 54.1 Å². The summed E-state index contributed by atoms with van der Waals surface area (Å²) in [6, 6.07) is 15.7. The molecule has 0 heterocycles. The second-order valence-corrected chi connectivity index (χ2v) is 5.61. The zero-order valence-corrected chi connectivity index (χ0v) is 12.8. The summed E-state index contributed by atoms with van der Waals surface area (Å²) in [5.74, 6) is 1.20. The highest BCUT2D eigenvalue weighted by atomic mass is 16.5. The molecule has 0 bridgehead atoms. The summed E-state index contributed by atoms with van der Waals surface area (Å²) >= 11 is 0. The number of ether oxygens (including phenoxy) is 1. The Balaban J connectivity index is 1.90. The largest absolute Gasteiger partial charge is 0.508 e. The van der Waals surface area contributed by atoms with E-state index in [1.54, 1.807) is 12.1 Å². The van der Waals surface area contributed by atoms with Gasteiger partial charge in [-0.1, -0.05) is 12.1 Å². The number of benzene rings is 2. The van der Waals surface area contributed by atoms with Crippen LogP contribution in [0.1, 0.15) is 26.3 Å². The molecule has 2 N–H and O–H groups in total. The Bertz CT molecular complexity index is 546. The molecule has 0 aromatic heterocycles. The molecule has 0 aliphatic heterocycles. The first kappa shape index (κ1) is 15.2. The van der Waals surface area contributed by atoms with Gasteiger partial charge in [-0.3, -0.25) is 0 Å². The summed E-state index contributed by atoms with van der Waals surface area (Å²) in [7, 11) is 0. The Morgan fingerprint density at radius 3 is 2.14 bits per heavy atom. The Morgan fingerprint density at radius 2 is 1.57 bits per heavy atom. The molecular weight excluding hydrogens is 262 g/mol. The van der Waals surface area contributed by atoms with E-state index in [1.807, 2.05) is 50.2 Å². The average molecular weight is 285 g/mol. The fraction of sp³-hybridized carbons (Fsp3) is 0.333. The Morgan fingerprint density at radius 1 is 0.952 bits per heavy atom. The first-order valence-corrected chi connectivity index (χ1v) is 7.34. The van der Waals surface area contributed by atoms with Crippen LogP contribution in [0.5, 0.6) is 11.5 Å². The van der Waals surface area contributed by atoms with Crippen LogP contribution in [0.15, 0.2) is 48.5 Å². The maximum atomic E-state index is 9.29. The van der Waals surface area contributed by atoms with Crippen LogP contribution in [-0.2, 0) is 6.42 Å². The van der Waals surface area contributed by atoms with Crippen LogP contribution in [0, 0.1) is 0 Å². The lowest BCUT2D eigenvalue weighted by Gasteiger charge is -2.16. The van der Waals surface area contributed by atoms with Gasteiger partial charge in [0.1, 0.15) is 11.5 Å². The lowest BCUT2D eigenvalue weighted by Crippen LogP contribution is -2.17. The van der Waals surface area contributed by atoms with Gasteiger partial charge in [0.15, 0.2) is 0 Å². The minimum atomic E-state index is 0.192. The third-order valence-electron chi connectivity index (χ3n) is 3.12. The number of hydrogen-bond donors (Lipinski definition) is 2. The van der Waals surface area contributed by atoms with Gasteiger partial charge in [0.25, 0.3) is 0 Å². The van der Waals surface area contributed by atoms with E-state index < -0.39 is 0 Å². The van der Waals surface area contributed by atoms with Gasteiger partial charge in [-0.2, -0.15) is 0 Å². The molecule has 112 valence electrons. The van der Waals surface area contributed by atoms with Gasteiger partial charge < -0.3 is 15.2 Å². The molecule has 0 spiro atoms. The zero-order chi connectivity index (χ0) is 15.2. The molecule has 0 amide bonds. The van der Waals surface area contributed by atoms with Gasteiger partial charge in [0.2, 0.25) is 0 Å². The standard InChI is InChI=1S/C18H23NO2/c1-13(2)21-18-10-6-16(7-11-18)19-14(3)12-15-4-8-17(20)9-5-15/h4-11,13-14,19-20H,12H2,1-3H3. The number of anilines is 1. The van der Waals surface area contributed by atoms with E-state index in [4.69, 9.17) is 4.74 Å². The number of rotatable bonds is 6. The normalized spacial score (nSPS) is 12.2. The fourth-order valence-electron chi connectivity index (χ4n) is 2.22. The number of aromatic hydroxyl groups is 1. The van der Waals surface area contributed by atoms with Crippen LogP contribution in [0.3, 0.4) is 0 Å². The first-order valence-electron chi connectivity index (χ1n) is 7.34. The molecule has 1 unspecified atom stereocenters. The highest BCUT2D eigenvalue weighted by molar-refractivity contribution is 5.47. The Hall–Kier alpha value is -2.16. The highest BCUT2D eigenvalue weighted by Gasteiger charge is 2.04. The van der Waals surface area contributed by atoms with Gasteiger partial charge in [-0.25, -0.2) is 0 Å². The van der Waals surface area contributed by atoms with Crippen LogP contribution in [0.25, 0.3) is 0 Å². The van der Waals surface area contributed by atoms with Crippen LogP contribution >= 0.6 is 0 Å². The van der Waals surface area contributed by atoms with E-state index in [-0.39, 0.29) is 6.10 Å². The molecule has 2 aromatic rings. The van der Waals surface area contributed by atoms with E-state index in [2.05, 4.69) is 12.2 Å². The summed E-state index contributed by atoms with van der Waals surface area (Å²) in [4.78, 5) is 0. The molecule has 0 saturated heterocycles. The van der Waals surface area contributed by atoms with Crippen LogP contribution in [0.4, 0.5) is 5.69 Å². The molecule has 0 aliphatic rings. The van der Waals surface area contributed by atoms with Crippen molar-refractivity contribution in [3.8, 4) is 11.5 Å². The van der Waals surface area contributed by atoms with Crippen LogP contribution < -0.4 is 10.1 Å². The third kappa shape index (κ3) is 5.03. The second kappa shape index (κ2) is 7.02. The number of nitrogens with one attached hydrogen (secondary N) is 1. The van der Waals surface area contributed by atoms with E-state index >= 15 is 0 Å². The van der Waals surface area contributed by atoms with Gasteiger partial charge in [-0.15, -0.1) is 0 Å². The minimum absolute atomic E-state index is 0.192. The van der Waals surface area contributed by atoms with E-state index in [0.717, 1.165) is 17.9 Å². The van der Waals surface area contributed by atoms with Crippen molar-refractivity contribution in [1.82, 2.24) is 0 Å². The van der Waals surface area contributed by atoms with Crippen molar-refractivity contribution in [2.75, 3.05) is 5.32 Å².